The van der Waals surface area contributed by atoms with Crippen LogP contribution in [0.3, 0.4) is 0 Å². The highest BCUT2D eigenvalue weighted by Gasteiger charge is 2.19. The lowest BCUT2D eigenvalue weighted by molar-refractivity contribution is -0.122. The standard InChI is InChI=1S/C6H13N3O/c7-4-2-1-3-5(8)9-6(4)10/h4-5H,1-3,7-8H2,(H,9,10)/t4-,5?/m0/s1. The maximum absolute atomic E-state index is 10.9. The molecule has 0 aliphatic carbocycles. The minimum Gasteiger partial charge on any atom is -0.340 e. The first-order valence-electron chi connectivity index (χ1n) is 3.51. The van der Waals surface area contributed by atoms with Crippen LogP contribution in [0, 0.1) is 0 Å². The first-order valence-corrected chi connectivity index (χ1v) is 3.51. The Bertz CT molecular complexity index is 137. The van der Waals surface area contributed by atoms with Crippen molar-refractivity contribution in [1.82, 2.24) is 5.32 Å². The van der Waals surface area contributed by atoms with Gasteiger partial charge in [0.2, 0.25) is 5.91 Å². The van der Waals surface area contributed by atoms with Crippen molar-refractivity contribution in [2.24, 2.45) is 11.5 Å². The molecule has 0 aromatic heterocycles. The molecule has 0 spiro atoms. The van der Waals surface area contributed by atoms with Crippen molar-refractivity contribution < 1.29 is 4.79 Å². The van der Waals surface area contributed by atoms with Crippen molar-refractivity contribution >= 4 is 5.91 Å². The first kappa shape index (κ1) is 7.50. The Morgan fingerprint density at radius 1 is 1.40 bits per heavy atom. The highest BCUT2D eigenvalue weighted by atomic mass is 16.2. The van der Waals surface area contributed by atoms with Crippen LogP contribution in [-0.4, -0.2) is 18.1 Å². The zero-order valence-electron chi connectivity index (χ0n) is 5.84. The number of nitrogens with two attached hydrogens (primary N) is 2. The maximum atomic E-state index is 10.9. The fraction of sp³-hybridized carbons (Fsp3) is 0.833. The predicted molar refractivity (Wildman–Crippen MR) is 37.9 cm³/mol. The van der Waals surface area contributed by atoms with Crippen LogP contribution in [0.5, 0.6) is 0 Å². The number of nitrogens with one attached hydrogen (secondary N) is 1. The Morgan fingerprint density at radius 2 is 2.10 bits per heavy atom. The van der Waals surface area contributed by atoms with Crippen LogP contribution in [0.1, 0.15) is 19.3 Å². The van der Waals surface area contributed by atoms with Crippen molar-refractivity contribution in [1.29, 1.82) is 0 Å². The van der Waals surface area contributed by atoms with Gasteiger partial charge < -0.3 is 16.8 Å². The van der Waals surface area contributed by atoms with Crippen LogP contribution in [0.25, 0.3) is 0 Å². The molecule has 1 rings (SSSR count). The van der Waals surface area contributed by atoms with Crippen molar-refractivity contribution in [3.8, 4) is 0 Å². The number of rotatable bonds is 0. The summed E-state index contributed by atoms with van der Waals surface area (Å²) in [5, 5.41) is 2.61. The Balaban J connectivity index is 2.49. The molecule has 0 aromatic carbocycles. The quantitative estimate of drug-likeness (QED) is 0.402. The van der Waals surface area contributed by atoms with Crippen molar-refractivity contribution in [3.05, 3.63) is 0 Å². The summed E-state index contributed by atoms with van der Waals surface area (Å²) < 4.78 is 0. The molecule has 2 atom stereocenters. The average Bonchev–Trinajstić information content (AvgIpc) is 1.96. The molecule has 0 bridgehead atoms. The number of hydrogen-bond donors (Lipinski definition) is 3. The summed E-state index contributed by atoms with van der Waals surface area (Å²) in [4.78, 5) is 10.9. The van der Waals surface area contributed by atoms with E-state index in [9.17, 15) is 4.79 Å². The molecular weight excluding hydrogens is 130 g/mol. The summed E-state index contributed by atoms with van der Waals surface area (Å²) in [6.45, 7) is 0. The number of carbonyl (C=O) groups is 1. The average molecular weight is 143 g/mol. The summed E-state index contributed by atoms with van der Waals surface area (Å²) in [5.41, 5.74) is 11.0. The monoisotopic (exact) mass is 143 g/mol. The minimum atomic E-state index is -0.353. The van der Waals surface area contributed by atoms with E-state index in [1.165, 1.54) is 0 Å². The molecule has 10 heavy (non-hydrogen) atoms. The van der Waals surface area contributed by atoms with Crippen LogP contribution in [-0.2, 0) is 4.79 Å². The van der Waals surface area contributed by atoms with E-state index in [1.54, 1.807) is 0 Å². The van der Waals surface area contributed by atoms with Gasteiger partial charge in [-0.1, -0.05) is 0 Å². The van der Waals surface area contributed by atoms with Gasteiger partial charge in [0, 0.05) is 0 Å². The summed E-state index contributed by atoms with van der Waals surface area (Å²) in [6, 6.07) is -0.353. The van der Waals surface area contributed by atoms with Crippen LogP contribution < -0.4 is 16.8 Å². The molecule has 1 heterocycles. The van der Waals surface area contributed by atoms with Gasteiger partial charge in [-0.15, -0.1) is 0 Å². The Labute approximate surface area is 59.9 Å². The topological polar surface area (TPSA) is 81.1 Å². The Hall–Kier alpha value is -0.610. The number of amides is 1. The highest BCUT2D eigenvalue weighted by molar-refractivity contribution is 5.81. The fourth-order valence-electron chi connectivity index (χ4n) is 1.05. The van der Waals surface area contributed by atoms with Gasteiger partial charge in [0.15, 0.2) is 0 Å². The number of carbonyl (C=O) groups excluding carboxylic acids is 1. The summed E-state index contributed by atoms with van der Waals surface area (Å²) in [6.07, 6.45) is 2.32. The van der Waals surface area contributed by atoms with E-state index in [2.05, 4.69) is 5.32 Å². The Kier molecular flexibility index (Phi) is 2.24. The van der Waals surface area contributed by atoms with Crippen LogP contribution >= 0.6 is 0 Å². The lowest BCUT2D eigenvalue weighted by Gasteiger charge is -2.09. The highest BCUT2D eigenvalue weighted by Crippen LogP contribution is 2.04. The zero-order valence-corrected chi connectivity index (χ0v) is 5.84. The minimum absolute atomic E-state index is 0.120. The van der Waals surface area contributed by atoms with E-state index in [4.69, 9.17) is 11.5 Å². The molecule has 5 N–H and O–H groups in total. The maximum Gasteiger partial charge on any atom is 0.238 e. The van der Waals surface area contributed by atoms with Gasteiger partial charge in [-0.25, -0.2) is 0 Å². The third-order valence-corrected chi connectivity index (χ3v) is 1.69. The molecule has 0 saturated carbocycles. The Morgan fingerprint density at radius 3 is 2.80 bits per heavy atom. The van der Waals surface area contributed by atoms with E-state index >= 15 is 0 Å². The largest absolute Gasteiger partial charge is 0.340 e. The molecule has 1 fully saturated rings. The van der Waals surface area contributed by atoms with E-state index in [0.29, 0.717) is 0 Å². The van der Waals surface area contributed by atoms with Crippen LogP contribution in [0.4, 0.5) is 0 Å². The molecule has 1 saturated heterocycles. The molecule has 0 radical (unpaired) electrons. The molecule has 4 nitrogen and oxygen atoms in total. The normalized spacial score (nSPS) is 34.8. The second kappa shape index (κ2) is 2.98. The van der Waals surface area contributed by atoms with Crippen molar-refractivity contribution in [2.75, 3.05) is 0 Å². The van der Waals surface area contributed by atoms with Crippen molar-refractivity contribution in [3.63, 3.8) is 0 Å². The lowest BCUT2D eigenvalue weighted by Crippen LogP contribution is -2.46. The van der Waals surface area contributed by atoms with E-state index in [-0.39, 0.29) is 18.1 Å². The molecule has 58 valence electrons. The second-order valence-corrected chi connectivity index (χ2v) is 2.65. The lowest BCUT2D eigenvalue weighted by atomic mass is 10.1. The zero-order chi connectivity index (χ0) is 7.56. The van der Waals surface area contributed by atoms with Gasteiger partial charge in [-0.2, -0.15) is 0 Å². The summed E-state index contributed by atoms with van der Waals surface area (Å²) in [7, 11) is 0. The first-order chi connectivity index (χ1) is 4.70. The summed E-state index contributed by atoms with van der Waals surface area (Å²) >= 11 is 0. The van der Waals surface area contributed by atoms with Gasteiger partial charge >= 0.3 is 0 Å². The molecule has 1 aliphatic rings. The molecule has 0 aromatic rings. The number of hydrogen-bond acceptors (Lipinski definition) is 3. The molecular formula is C6H13N3O. The third-order valence-electron chi connectivity index (χ3n) is 1.69. The van der Waals surface area contributed by atoms with Gasteiger partial charge in [0.1, 0.15) is 0 Å². The van der Waals surface area contributed by atoms with E-state index < -0.39 is 0 Å². The van der Waals surface area contributed by atoms with Crippen LogP contribution in [0.15, 0.2) is 0 Å². The summed E-state index contributed by atoms with van der Waals surface area (Å²) in [5.74, 6) is -0.120. The SMILES string of the molecule is NC1CCC[C@H](N)C(=O)N1. The molecule has 1 amide bonds. The third kappa shape index (κ3) is 1.68. The van der Waals surface area contributed by atoms with Gasteiger partial charge in [0.05, 0.1) is 12.2 Å². The molecule has 1 unspecified atom stereocenters. The van der Waals surface area contributed by atoms with E-state index in [1.807, 2.05) is 0 Å². The molecule has 4 heteroatoms. The van der Waals surface area contributed by atoms with Crippen LogP contribution in [0.2, 0.25) is 0 Å². The molecule has 1 aliphatic heterocycles. The predicted octanol–water partition coefficient (Wildman–Crippen LogP) is -1.10. The van der Waals surface area contributed by atoms with Gasteiger partial charge in [-0.3, -0.25) is 4.79 Å². The fourth-order valence-corrected chi connectivity index (χ4v) is 1.05. The van der Waals surface area contributed by atoms with Gasteiger partial charge in [-0.05, 0) is 19.3 Å². The van der Waals surface area contributed by atoms with Gasteiger partial charge in [0.25, 0.3) is 0 Å². The second-order valence-electron chi connectivity index (χ2n) is 2.65. The van der Waals surface area contributed by atoms with E-state index in [0.717, 1.165) is 19.3 Å². The van der Waals surface area contributed by atoms with Crippen molar-refractivity contribution in [2.45, 2.75) is 31.5 Å². The smallest absolute Gasteiger partial charge is 0.238 e.